The van der Waals surface area contributed by atoms with Crippen LogP contribution in [0.2, 0.25) is 0 Å². The van der Waals surface area contributed by atoms with E-state index in [4.69, 9.17) is 4.74 Å². The first-order valence-corrected chi connectivity index (χ1v) is 5.26. The standard InChI is InChI=1S/C10H19NO/c1-2-4-9(3-1)5-6-11-10-7-12-8-10/h9-11H,1-8H2. The molecule has 0 spiro atoms. The van der Waals surface area contributed by atoms with Gasteiger partial charge in [0, 0.05) is 0 Å². The molecule has 1 N–H and O–H groups in total. The summed E-state index contributed by atoms with van der Waals surface area (Å²) in [5.74, 6) is 1.03. The number of nitrogens with one attached hydrogen (secondary N) is 1. The fraction of sp³-hybridized carbons (Fsp3) is 1.00. The predicted molar refractivity (Wildman–Crippen MR) is 49.2 cm³/mol. The third-order valence-electron chi connectivity index (χ3n) is 3.10. The van der Waals surface area contributed by atoms with Gasteiger partial charge in [-0.25, -0.2) is 0 Å². The van der Waals surface area contributed by atoms with Crippen LogP contribution in [0.25, 0.3) is 0 Å². The van der Waals surface area contributed by atoms with Crippen molar-refractivity contribution in [2.45, 2.75) is 38.1 Å². The van der Waals surface area contributed by atoms with Gasteiger partial charge in [0.15, 0.2) is 0 Å². The molecule has 2 rings (SSSR count). The van der Waals surface area contributed by atoms with Crippen LogP contribution in [0.15, 0.2) is 0 Å². The molecule has 1 aliphatic heterocycles. The number of hydrogen-bond acceptors (Lipinski definition) is 2. The van der Waals surface area contributed by atoms with E-state index < -0.39 is 0 Å². The first-order chi connectivity index (χ1) is 5.95. The highest BCUT2D eigenvalue weighted by molar-refractivity contribution is 4.74. The summed E-state index contributed by atoms with van der Waals surface area (Å²) in [5.41, 5.74) is 0. The maximum Gasteiger partial charge on any atom is 0.0643 e. The lowest BCUT2D eigenvalue weighted by Crippen LogP contribution is -2.46. The van der Waals surface area contributed by atoms with Crippen molar-refractivity contribution in [2.24, 2.45) is 5.92 Å². The highest BCUT2D eigenvalue weighted by Gasteiger charge is 2.18. The Morgan fingerprint density at radius 1 is 1.17 bits per heavy atom. The normalized spacial score (nSPS) is 26.0. The van der Waals surface area contributed by atoms with Gasteiger partial charge in [0.25, 0.3) is 0 Å². The third kappa shape index (κ3) is 2.20. The van der Waals surface area contributed by atoms with Crippen molar-refractivity contribution in [2.75, 3.05) is 19.8 Å². The molecule has 0 aromatic heterocycles. The van der Waals surface area contributed by atoms with Crippen molar-refractivity contribution in [3.05, 3.63) is 0 Å². The van der Waals surface area contributed by atoms with Gasteiger partial charge in [-0.05, 0) is 18.9 Å². The van der Waals surface area contributed by atoms with Gasteiger partial charge in [0.2, 0.25) is 0 Å². The zero-order valence-corrected chi connectivity index (χ0v) is 7.72. The highest BCUT2D eigenvalue weighted by atomic mass is 16.5. The number of ether oxygens (including phenoxy) is 1. The van der Waals surface area contributed by atoms with Crippen molar-refractivity contribution in [1.82, 2.24) is 5.32 Å². The Morgan fingerprint density at radius 2 is 1.92 bits per heavy atom. The second-order valence-corrected chi connectivity index (χ2v) is 4.13. The quantitative estimate of drug-likeness (QED) is 0.689. The van der Waals surface area contributed by atoms with Crippen LogP contribution in [0.1, 0.15) is 32.1 Å². The molecular weight excluding hydrogens is 150 g/mol. The van der Waals surface area contributed by atoms with Crippen molar-refractivity contribution in [3.8, 4) is 0 Å². The van der Waals surface area contributed by atoms with E-state index in [1.165, 1.54) is 38.6 Å². The molecule has 12 heavy (non-hydrogen) atoms. The summed E-state index contributed by atoms with van der Waals surface area (Å²) in [6.45, 7) is 3.08. The molecular formula is C10H19NO. The minimum Gasteiger partial charge on any atom is -0.378 e. The van der Waals surface area contributed by atoms with Gasteiger partial charge in [-0.1, -0.05) is 25.7 Å². The first kappa shape index (κ1) is 8.52. The molecule has 0 radical (unpaired) electrons. The van der Waals surface area contributed by atoms with E-state index in [0.29, 0.717) is 6.04 Å². The molecule has 1 saturated carbocycles. The first-order valence-electron chi connectivity index (χ1n) is 5.26. The van der Waals surface area contributed by atoms with E-state index in [1.54, 1.807) is 0 Å². The summed E-state index contributed by atoms with van der Waals surface area (Å²) >= 11 is 0. The summed E-state index contributed by atoms with van der Waals surface area (Å²) in [5, 5.41) is 3.52. The molecule has 0 unspecified atom stereocenters. The molecule has 0 aromatic rings. The highest BCUT2D eigenvalue weighted by Crippen LogP contribution is 2.26. The van der Waals surface area contributed by atoms with Crippen molar-refractivity contribution >= 4 is 0 Å². The molecule has 0 amide bonds. The molecule has 2 heteroatoms. The van der Waals surface area contributed by atoms with Crippen LogP contribution in [0.4, 0.5) is 0 Å². The molecule has 2 nitrogen and oxygen atoms in total. The lowest BCUT2D eigenvalue weighted by atomic mass is 10.0. The molecule has 0 atom stereocenters. The van der Waals surface area contributed by atoms with Gasteiger partial charge in [0.05, 0.1) is 19.3 Å². The van der Waals surface area contributed by atoms with E-state index in [9.17, 15) is 0 Å². The van der Waals surface area contributed by atoms with E-state index in [-0.39, 0.29) is 0 Å². The van der Waals surface area contributed by atoms with Gasteiger partial charge in [-0.15, -0.1) is 0 Å². The second kappa shape index (κ2) is 4.24. The lowest BCUT2D eigenvalue weighted by molar-refractivity contribution is -0.00532. The van der Waals surface area contributed by atoms with Crippen molar-refractivity contribution in [3.63, 3.8) is 0 Å². The topological polar surface area (TPSA) is 21.3 Å². The maximum absolute atomic E-state index is 5.09. The zero-order chi connectivity index (χ0) is 8.23. The lowest BCUT2D eigenvalue weighted by Gasteiger charge is -2.27. The SMILES string of the molecule is C1CCC(CCNC2COC2)C1. The Balaban J connectivity index is 1.49. The molecule has 1 heterocycles. The van der Waals surface area contributed by atoms with Crippen LogP contribution in [-0.4, -0.2) is 25.8 Å². The minimum atomic E-state index is 0.673. The summed E-state index contributed by atoms with van der Waals surface area (Å²) in [7, 11) is 0. The fourth-order valence-corrected chi connectivity index (χ4v) is 2.14. The fourth-order valence-electron chi connectivity index (χ4n) is 2.14. The van der Waals surface area contributed by atoms with Gasteiger partial charge in [0.1, 0.15) is 0 Å². The van der Waals surface area contributed by atoms with Crippen LogP contribution in [0.3, 0.4) is 0 Å². The summed E-state index contributed by atoms with van der Waals surface area (Å²) in [6.07, 6.45) is 7.27. The average molecular weight is 169 g/mol. The van der Waals surface area contributed by atoms with E-state index in [2.05, 4.69) is 5.32 Å². The van der Waals surface area contributed by atoms with Crippen LogP contribution in [0.5, 0.6) is 0 Å². The summed E-state index contributed by atoms with van der Waals surface area (Å²) in [4.78, 5) is 0. The smallest absolute Gasteiger partial charge is 0.0643 e. The Labute approximate surface area is 74.7 Å². The number of hydrogen-bond donors (Lipinski definition) is 1. The molecule has 0 aromatic carbocycles. The van der Waals surface area contributed by atoms with Crippen LogP contribution < -0.4 is 5.32 Å². The maximum atomic E-state index is 5.09. The third-order valence-corrected chi connectivity index (χ3v) is 3.10. The van der Waals surface area contributed by atoms with Crippen LogP contribution >= 0.6 is 0 Å². The molecule has 1 aliphatic carbocycles. The summed E-state index contributed by atoms with van der Waals surface area (Å²) in [6, 6.07) is 0.673. The predicted octanol–water partition coefficient (Wildman–Crippen LogP) is 1.56. The van der Waals surface area contributed by atoms with Crippen LogP contribution in [-0.2, 0) is 4.74 Å². The van der Waals surface area contributed by atoms with Gasteiger partial charge < -0.3 is 10.1 Å². The Hall–Kier alpha value is -0.0800. The largest absolute Gasteiger partial charge is 0.378 e. The van der Waals surface area contributed by atoms with E-state index in [1.807, 2.05) is 0 Å². The van der Waals surface area contributed by atoms with Crippen molar-refractivity contribution < 1.29 is 4.74 Å². The Morgan fingerprint density at radius 3 is 2.50 bits per heavy atom. The van der Waals surface area contributed by atoms with Crippen LogP contribution in [0, 0.1) is 5.92 Å². The molecule has 70 valence electrons. The zero-order valence-electron chi connectivity index (χ0n) is 7.72. The minimum absolute atomic E-state index is 0.673. The monoisotopic (exact) mass is 169 g/mol. The second-order valence-electron chi connectivity index (χ2n) is 4.13. The average Bonchev–Trinajstić information content (AvgIpc) is 2.46. The Bertz CT molecular complexity index is 128. The molecule has 2 fully saturated rings. The molecule has 1 saturated heterocycles. The van der Waals surface area contributed by atoms with Gasteiger partial charge in [-0.2, -0.15) is 0 Å². The Kier molecular flexibility index (Phi) is 3.01. The number of rotatable bonds is 4. The van der Waals surface area contributed by atoms with E-state index in [0.717, 1.165) is 19.1 Å². The van der Waals surface area contributed by atoms with Gasteiger partial charge >= 0.3 is 0 Å². The summed E-state index contributed by atoms with van der Waals surface area (Å²) < 4.78 is 5.09. The molecule has 0 bridgehead atoms. The molecule has 2 aliphatic rings. The van der Waals surface area contributed by atoms with E-state index >= 15 is 0 Å². The van der Waals surface area contributed by atoms with Crippen molar-refractivity contribution in [1.29, 1.82) is 0 Å². The van der Waals surface area contributed by atoms with Gasteiger partial charge in [-0.3, -0.25) is 0 Å².